The summed E-state index contributed by atoms with van der Waals surface area (Å²) in [6.07, 6.45) is -2.27. The second-order valence-electron chi connectivity index (χ2n) is 6.48. The number of likely N-dealkylation sites (tertiary alicyclic amines) is 1. The van der Waals surface area contributed by atoms with Crippen molar-refractivity contribution in [3.05, 3.63) is 71.3 Å². The number of halogens is 2. The molecule has 0 aromatic heterocycles. The van der Waals surface area contributed by atoms with Gasteiger partial charge in [0.2, 0.25) is 0 Å². The number of aliphatic hydroxyl groups is 1. The summed E-state index contributed by atoms with van der Waals surface area (Å²) in [5, 5.41) is 10.8. The molecule has 0 unspecified atom stereocenters. The van der Waals surface area contributed by atoms with E-state index in [0.29, 0.717) is 31.5 Å². The molecule has 2 aromatic carbocycles. The van der Waals surface area contributed by atoms with Gasteiger partial charge in [-0.1, -0.05) is 54.6 Å². The van der Waals surface area contributed by atoms with Gasteiger partial charge in [-0.3, -0.25) is 0 Å². The van der Waals surface area contributed by atoms with Crippen LogP contribution in [0.1, 0.15) is 36.0 Å². The third-order valence-corrected chi connectivity index (χ3v) is 4.75. The molecule has 3 rings (SSSR count). The van der Waals surface area contributed by atoms with Gasteiger partial charge in [0.1, 0.15) is 6.61 Å². The number of benzene rings is 2. The Balaban J connectivity index is 1.55. The van der Waals surface area contributed by atoms with Gasteiger partial charge in [0.05, 0.1) is 5.60 Å². The quantitative estimate of drug-likeness (QED) is 0.886. The third kappa shape index (κ3) is 4.19. The second kappa shape index (κ2) is 7.83. The number of hydrogen-bond acceptors (Lipinski definition) is 3. The minimum atomic E-state index is -2.53. The number of ether oxygens (including phenoxy) is 1. The molecular formula is C20H21F2NO3. The van der Waals surface area contributed by atoms with Crippen LogP contribution < -0.4 is 0 Å². The lowest BCUT2D eigenvalue weighted by Crippen LogP contribution is -2.45. The molecule has 0 radical (unpaired) electrons. The van der Waals surface area contributed by atoms with Gasteiger partial charge >= 0.3 is 6.09 Å². The van der Waals surface area contributed by atoms with Crippen molar-refractivity contribution in [3.63, 3.8) is 0 Å². The molecule has 6 heteroatoms. The number of hydrogen-bond donors (Lipinski definition) is 1. The van der Waals surface area contributed by atoms with Crippen LogP contribution in [0.2, 0.25) is 0 Å². The first-order chi connectivity index (χ1) is 12.5. The maximum Gasteiger partial charge on any atom is 0.410 e. The fourth-order valence-electron chi connectivity index (χ4n) is 3.10. The highest BCUT2D eigenvalue weighted by molar-refractivity contribution is 5.67. The van der Waals surface area contributed by atoms with E-state index in [4.69, 9.17) is 4.74 Å². The highest BCUT2D eigenvalue weighted by Crippen LogP contribution is 2.34. The molecule has 0 saturated carbocycles. The van der Waals surface area contributed by atoms with E-state index in [9.17, 15) is 18.7 Å². The molecule has 1 N–H and O–H groups in total. The zero-order valence-corrected chi connectivity index (χ0v) is 14.3. The Morgan fingerprint density at radius 3 is 2.27 bits per heavy atom. The maximum absolute atomic E-state index is 12.7. The van der Waals surface area contributed by atoms with Crippen LogP contribution in [0.5, 0.6) is 0 Å². The fraction of sp³-hybridized carbons (Fsp3) is 0.350. The number of amides is 1. The van der Waals surface area contributed by atoms with Crippen LogP contribution in [0.3, 0.4) is 0 Å². The van der Waals surface area contributed by atoms with Crippen molar-refractivity contribution in [2.45, 2.75) is 31.5 Å². The first kappa shape index (κ1) is 18.3. The lowest BCUT2D eigenvalue weighted by atomic mass is 9.84. The normalized spacial score (nSPS) is 16.5. The molecule has 1 aliphatic heterocycles. The molecule has 1 amide bonds. The number of alkyl halides is 2. The van der Waals surface area contributed by atoms with Crippen LogP contribution in [0, 0.1) is 0 Å². The first-order valence-corrected chi connectivity index (χ1v) is 8.54. The molecule has 0 aliphatic carbocycles. The molecule has 2 aromatic rings. The summed E-state index contributed by atoms with van der Waals surface area (Å²) < 4.78 is 30.6. The minimum absolute atomic E-state index is 0.0701. The van der Waals surface area contributed by atoms with E-state index in [-0.39, 0.29) is 12.2 Å². The van der Waals surface area contributed by atoms with Gasteiger partial charge in [0, 0.05) is 18.7 Å². The Bertz CT molecular complexity index is 726. The van der Waals surface area contributed by atoms with Gasteiger partial charge in [-0.25, -0.2) is 13.6 Å². The molecule has 0 atom stereocenters. The summed E-state index contributed by atoms with van der Waals surface area (Å²) in [6.45, 7) is 0.900. The summed E-state index contributed by atoms with van der Waals surface area (Å²) in [5.41, 5.74) is 0.323. The lowest BCUT2D eigenvalue weighted by Gasteiger charge is -2.38. The van der Waals surface area contributed by atoms with Gasteiger partial charge < -0.3 is 14.7 Å². The zero-order chi connectivity index (χ0) is 18.6. The number of nitrogens with zero attached hydrogens (tertiary/aromatic N) is 1. The van der Waals surface area contributed by atoms with E-state index in [1.165, 1.54) is 24.3 Å². The van der Waals surface area contributed by atoms with Crippen LogP contribution >= 0.6 is 0 Å². The van der Waals surface area contributed by atoms with E-state index in [1.54, 1.807) is 4.90 Å². The topological polar surface area (TPSA) is 49.8 Å². The van der Waals surface area contributed by atoms with Crippen molar-refractivity contribution in [1.29, 1.82) is 0 Å². The molecule has 1 heterocycles. The molecule has 0 bridgehead atoms. The maximum atomic E-state index is 12.7. The van der Waals surface area contributed by atoms with Gasteiger partial charge in [0.15, 0.2) is 0 Å². The molecule has 1 saturated heterocycles. The fourth-order valence-corrected chi connectivity index (χ4v) is 3.10. The summed E-state index contributed by atoms with van der Waals surface area (Å²) in [5.74, 6) is 0. The molecule has 0 spiro atoms. The third-order valence-electron chi connectivity index (χ3n) is 4.75. The van der Waals surface area contributed by atoms with Crippen molar-refractivity contribution in [2.24, 2.45) is 0 Å². The van der Waals surface area contributed by atoms with Crippen LogP contribution in [0.25, 0.3) is 0 Å². The van der Waals surface area contributed by atoms with Gasteiger partial charge in [-0.05, 0) is 24.0 Å². The van der Waals surface area contributed by atoms with Crippen LogP contribution in [0.4, 0.5) is 13.6 Å². The summed E-state index contributed by atoms with van der Waals surface area (Å²) >= 11 is 0. The lowest BCUT2D eigenvalue weighted by molar-refractivity contribution is -0.0255. The highest BCUT2D eigenvalue weighted by atomic mass is 19.3. The predicted molar refractivity (Wildman–Crippen MR) is 92.7 cm³/mol. The summed E-state index contributed by atoms with van der Waals surface area (Å²) in [6, 6.07) is 15.1. The standard InChI is InChI=1S/C20H21F2NO3/c21-18(22)16-6-8-17(9-7-16)20(25)10-12-23(13-11-20)19(24)26-14-15-4-2-1-3-5-15/h1-9,18,25H,10-14H2. The van der Waals surface area contributed by atoms with E-state index in [1.807, 2.05) is 30.3 Å². The van der Waals surface area contributed by atoms with E-state index < -0.39 is 18.1 Å². The molecule has 1 fully saturated rings. The number of carbonyl (C=O) groups excluding carboxylic acids is 1. The van der Waals surface area contributed by atoms with E-state index >= 15 is 0 Å². The van der Waals surface area contributed by atoms with Gasteiger partial charge in [-0.2, -0.15) is 0 Å². The number of rotatable bonds is 4. The van der Waals surface area contributed by atoms with Crippen molar-refractivity contribution in [1.82, 2.24) is 4.90 Å². The van der Waals surface area contributed by atoms with Crippen LogP contribution in [0.15, 0.2) is 54.6 Å². The first-order valence-electron chi connectivity index (χ1n) is 8.54. The average Bonchev–Trinajstić information content (AvgIpc) is 2.67. The molecule has 4 nitrogen and oxygen atoms in total. The largest absolute Gasteiger partial charge is 0.445 e. The second-order valence-corrected chi connectivity index (χ2v) is 6.48. The Morgan fingerprint density at radius 1 is 1.08 bits per heavy atom. The highest BCUT2D eigenvalue weighted by Gasteiger charge is 2.36. The summed E-state index contributed by atoms with van der Waals surface area (Å²) in [4.78, 5) is 13.7. The number of carbonyl (C=O) groups is 1. The van der Waals surface area contributed by atoms with Gasteiger partial charge in [-0.15, -0.1) is 0 Å². The molecule has 26 heavy (non-hydrogen) atoms. The monoisotopic (exact) mass is 361 g/mol. The van der Waals surface area contributed by atoms with E-state index in [0.717, 1.165) is 5.56 Å². The smallest absolute Gasteiger partial charge is 0.410 e. The Morgan fingerprint density at radius 2 is 1.69 bits per heavy atom. The Labute approximate surface area is 151 Å². The Kier molecular flexibility index (Phi) is 5.52. The van der Waals surface area contributed by atoms with Crippen molar-refractivity contribution in [2.75, 3.05) is 13.1 Å². The Hall–Kier alpha value is -2.47. The minimum Gasteiger partial charge on any atom is -0.445 e. The van der Waals surface area contributed by atoms with Gasteiger partial charge in [0.25, 0.3) is 6.43 Å². The molecule has 138 valence electrons. The molecular weight excluding hydrogens is 340 g/mol. The summed E-state index contributed by atoms with van der Waals surface area (Å²) in [7, 11) is 0. The van der Waals surface area contributed by atoms with Crippen molar-refractivity contribution >= 4 is 6.09 Å². The van der Waals surface area contributed by atoms with Crippen molar-refractivity contribution in [3.8, 4) is 0 Å². The number of piperidine rings is 1. The predicted octanol–water partition coefficient (Wildman–Crippen LogP) is 4.24. The zero-order valence-electron chi connectivity index (χ0n) is 14.3. The SMILES string of the molecule is O=C(OCc1ccccc1)N1CCC(O)(c2ccc(C(F)F)cc2)CC1. The van der Waals surface area contributed by atoms with E-state index in [2.05, 4.69) is 0 Å². The van der Waals surface area contributed by atoms with Crippen molar-refractivity contribution < 1.29 is 23.4 Å². The average molecular weight is 361 g/mol. The molecule has 1 aliphatic rings. The van der Waals surface area contributed by atoms with Crippen LogP contribution in [-0.2, 0) is 16.9 Å². The van der Waals surface area contributed by atoms with Crippen LogP contribution in [-0.4, -0.2) is 29.2 Å².